The molecular weight excluding hydrogens is 790 g/mol. The summed E-state index contributed by atoms with van der Waals surface area (Å²) < 4.78 is 27.9. The van der Waals surface area contributed by atoms with Gasteiger partial charge >= 0.3 is 311 Å². The van der Waals surface area contributed by atoms with Crippen LogP contribution in [0.4, 0.5) is 0 Å². The third-order valence-corrected chi connectivity index (χ3v) is 43.4. The summed E-state index contributed by atoms with van der Waals surface area (Å²) in [6.45, 7) is 20.6. The predicted molar refractivity (Wildman–Crippen MR) is 216 cm³/mol. The van der Waals surface area contributed by atoms with Crippen molar-refractivity contribution in [2.24, 2.45) is 11.8 Å². The molecule has 0 amide bonds. The molecule has 47 heavy (non-hydrogen) atoms. The molecule has 0 N–H and O–H groups in total. The molecule has 0 rings (SSSR count). The van der Waals surface area contributed by atoms with E-state index in [9.17, 15) is 0 Å². The van der Waals surface area contributed by atoms with Crippen LogP contribution in [0.25, 0.3) is 0 Å². The summed E-state index contributed by atoms with van der Waals surface area (Å²) in [5.41, 5.74) is 0. The standard InChI is InChI=1S/4C8H17.2C5H11O.O.2Sn/c4*1-3-5-7-8-6-4-2;2*1-5(2)3-4-6;;;/h4*1,3-8H2,2H3;2*5H,3-4H2,1-2H3;;;/q;;;;2*-1;;2*+1. The molecule has 0 heterocycles. The van der Waals surface area contributed by atoms with Crippen molar-refractivity contribution < 1.29 is 7.56 Å². The number of hydrogen-bond donors (Lipinski definition) is 0. The molecule has 3 nitrogen and oxygen atoms in total. The van der Waals surface area contributed by atoms with Gasteiger partial charge in [-0.25, -0.2) is 0 Å². The Kier molecular flexibility index (Phi) is 35.6. The van der Waals surface area contributed by atoms with E-state index in [-0.39, 0.29) is 0 Å². The molecule has 0 radical (unpaired) electrons. The van der Waals surface area contributed by atoms with Crippen LogP contribution in [-0.4, -0.2) is 51.6 Å². The molecule has 0 fully saturated rings. The van der Waals surface area contributed by atoms with Crippen LogP contribution in [0, 0.1) is 11.8 Å². The molecule has 0 aromatic rings. The second-order valence-electron chi connectivity index (χ2n) is 16.1. The maximum atomic E-state index is 8.08. The first-order valence-electron chi connectivity index (χ1n) is 21.8. The van der Waals surface area contributed by atoms with Crippen LogP contribution in [-0.2, 0) is 7.56 Å². The van der Waals surface area contributed by atoms with Crippen molar-refractivity contribution in [2.75, 3.05) is 13.2 Å². The summed E-state index contributed by atoms with van der Waals surface area (Å²) in [6.07, 6.45) is 35.0. The van der Waals surface area contributed by atoms with Gasteiger partial charge in [0, 0.05) is 0 Å². The van der Waals surface area contributed by atoms with Gasteiger partial charge < -0.3 is 0 Å². The van der Waals surface area contributed by atoms with Crippen molar-refractivity contribution in [2.45, 2.75) is 240 Å². The van der Waals surface area contributed by atoms with E-state index in [4.69, 9.17) is 7.56 Å². The number of rotatable bonds is 38. The van der Waals surface area contributed by atoms with Gasteiger partial charge in [-0.15, -0.1) is 0 Å². The zero-order valence-corrected chi connectivity index (χ0v) is 39.7. The Hall–Kier alpha value is 1.48. The van der Waals surface area contributed by atoms with Gasteiger partial charge in [-0.1, -0.05) is 0 Å². The Morgan fingerprint density at radius 1 is 0.340 bits per heavy atom. The Bertz CT molecular complexity index is 543. The summed E-state index contributed by atoms with van der Waals surface area (Å²) in [7, 11) is 0. The molecule has 0 atom stereocenters. The molecular formula is C42H90O3Sn2. The molecule has 0 saturated carbocycles. The second-order valence-corrected chi connectivity index (χ2v) is 38.3. The topological polar surface area (TPSA) is 27.7 Å². The van der Waals surface area contributed by atoms with E-state index < -0.39 is 38.4 Å². The second kappa shape index (κ2) is 34.6. The van der Waals surface area contributed by atoms with Gasteiger partial charge in [-0.2, -0.15) is 0 Å². The Morgan fingerprint density at radius 2 is 0.574 bits per heavy atom. The predicted octanol–water partition coefficient (Wildman–Crippen LogP) is 15.5. The zero-order valence-electron chi connectivity index (χ0n) is 34.0. The first kappa shape index (κ1) is 48.5. The molecule has 0 aromatic carbocycles. The minimum atomic E-state index is -3.41. The summed E-state index contributed by atoms with van der Waals surface area (Å²) >= 11 is -6.82. The molecule has 0 saturated heterocycles. The fourth-order valence-corrected chi connectivity index (χ4v) is 48.2. The molecule has 0 aliphatic rings. The number of hydrogen-bond acceptors (Lipinski definition) is 3. The van der Waals surface area contributed by atoms with Gasteiger partial charge in [0.15, 0.2) is 0 Å². The summed E-state index contributed by atoms with van der Waals surface area (Å²) in [5, 5.41) is 0. The third-order valence-electron chi connectivity index (χ3n) is 10.1. The van der Waals surface area contributed by atoms with E-state index in [0.717, 1.165) is 13.2 Å². The van der Waals surface area contributed by atoms with Crippen molar-refractivity contribution in [3.05, 3.63) is 0 Å². The van der Waals surface area contributed by atoms with Crippen molar-refractivity contribution in [3.63, 3.8) is 0 Å². The summed E-state index contributed by atoms with van der Waals surface area (Å²) in [4.78, 5) is 0. The van der Waals surface area contributed by atoms with Gasteiger partial charge in [-0.05, 0) is 0 Å². The van der Waals surface area contributed by atoms with Crippen LogP contribution in [0.5, 0.6) is 0 Å². The minimum absolute atomic E-state index is 0.684. The first-order chi connectivity index (χ1) is 22.8. The molecule has 0 aromatic heterocycles. The van der Waals surface area contributed by atoms with E-state index >= 15 is 0 Å². The summed E-state index contributed by atoms with van der Waals surface area (Å²) in [6, 6.07) is 0. The maximum absolute atomic E-state index is 8.08. The molecule has 0 aliphatic carbocycles. The van der Waals surface area contributed by atoms with Gasteiger partial charge in [0.1, 0.15) is 0 Å². The van der Waals surface area contributed by atoms with E-state index in [1.54, 1.807) is 0 Å². The van der Waals surface area contributed by atoms with E-state index in [1.165, 1.54) is 185 Å². The van der Waals surface area contributed by atoms with Crippen LogP contribution in [0.2, 0.25) is 17.7 Å². The quantitative estimate of drug-likeness (QED) is 0.0457. The van der Waals surface area contributed by atoms with Gasteiger partial charge in [-0.3, -0.25) is 0 Å². The van der Waals surface area contributed by atoms with E-state index in [2.05, 4.69) is 55.4 Å². The van der Waals surface area contributed by atoms with Gasteiger partial charge in [0.05, 0.1) is 0 Å². The average Bonchev–Trinajstić information content (AvgIpc) is 3.03. The molecule has 284 valence electrons. The molecule has 0 bridgehead atoms. The van der Waals surface area contributed by atoms with E-state index in [1.807, 2.05) is 0 Å². The Morgan fingerprint density at radius 3 is 0.809 bits per heavy atom. The molecule has 0 spiro atoms. The fraction of sp³-hybridized carbons (Fsp3) is 1.00. The Balaban J connectivity index is 6.28. The van der Waals surface area contributed by atoms with Crippen LogP contribution in [0.1, 0.15) is 222 Å². The van der Waals surface area contributed by atoms with Crippen molar-refractivity contribution in [1.29, 1.82) is 0 Å². The molecule has 0 unspecified atom stereocenters. The SMILES string of the molecule is CCCCCCC[CH2][Sn]([CH2]CCCCCCC)([O]CCC(C)C)[O][Sn]([CH2]CCCCCCC)([CH2]CCCCCCC)[O]CCC(C)C. The first-order valence-corrected chi connectivity index (χ1v) is 34.5. The van der Waals surface area contributed by atoms with Crippen molar-refractivity contribution in [1.82, 2.24) is 0 Å². The van der Waals surface area contributed by atoms with Crippen LogP contribution < -0.4 is 0 Å². The van der Waals surface area contributed by atoms with Crippen molar-refractivity contribution in [3.8, 4) is 0 Å². The van der Waals surface area contributed by atoms with E-state index in [0.29, 0.717) is 11.8 Å². The fourth-order valence-electron chi connectivity index (χ4n) is 6.80. The Labute approximate surface area is 308 Å². The summed E-state index contributed by atoms with van der Waals surface area (Å²) in [5.74, 6) is 1.37. The monoisotopic (exact) mass is 882 g/mol. The molecule has 0 aliphatic heterocycles. The van der Waals surface area contributed by atoms with Crippen LogP contribution >= 0.6 is 0 Å². The van der Waals surface area contributed by atoms with Crippen LogP contribution in [0.3, 0.4) is 0 Å². The third kappa shape index (κ3) is 29.7. The molecule has 5 heteroatoms. The van der Waals surface area contributed by atoms with Gasteiger partial charge in [0.25, 0.3) is 0 Å². The van der Waals surface area contributed by atoms with Crippen LogP contribution in [0.15, 0.2) is 0 Å². The normalized spacial score (nSPS) is 12.6. The zero-order chi connectivity index (χ0) is 34.9. The van der Waals surface area contributed by atoms with Gasteiger partial charge in [0.2, 0.25) is 0 Å². The average molecular weight is 881 g/mol. The number of unbranched alkanes of at least 4 members (excludes halogenated alkanes) is 20. The van der Waals surface area contributed by atoms with Crippen molar-refractivity contribution >= 4 is 38.4 Å².